The second-order valence-corrected chi connectivity index (χ2v) is 6.48. The SMILES string of the molecule is CC(C)Oc1cccc(-c2ccc3cc(CCC(=O)O)ccc3c2)c1. The maximum Gasteiger partial charge on any atom is 0.303 e. The van der Waals surface area contributed by atoms with Crippen LogP contribution in [0.15, 0.2) is 60.7 Å². The quantitative estimate of drug-likeness (QED) is 0.664. The molecule has 25 heavy (non-hydrogen) atoms. The highest BCUT2D eigenvalue weighted by Crippen LogP contribution is 2.28. The molecule has 3 nitrogen and oxygen atoms in total. The van der Waals surface area contributed by atoms with Crippen molar-refractivity contribution in [3.8, 4) is 16.9 Å². The van der Waals surface area contributed by atoms with Gasteiger partial charge in [0.05, 0.1) is 6.10 Å². The van der Waals surface area contributed by atoms with Gasteiger partial charge in [-0.3, -0.25) is 4.79 Å². The number of hydrogen-bond acceptors (Lipinski definition) is 2. The molecule has 3 aromatic rings. The molecule has 0 saturated carbocycles. The van der Waals surface area contributed by atoms with Gasteiger partial charge in [0.15, 0.2) is 0 Å². The summed E-state index contributed by atoms with van der Waals surface area (Å²) in [5.74, 6) is 0.107. The summed E-state index contributed by atoms with van der Waals surface area (Å²) in [5.41, 5.74) is 3.31. The molecule has 1 N–H and O–H groups in total. The summed E-state index contributed by atoms with van der Waals surface area (Å²) in [5, 5.41) is 11.1. The fourth-order valence-electron chi connectivity index (χ4n) is 2.90. The monoisotopic (exact) mass is 334 g/mol. The molecule has 0 heterocycles. The maximum atomic E-state index is 10.7. The zero-order valence-electron chi connectivity index (χ0n) is 14.5. The molecular formula is C22H22O3. The Morgan fingerprint density at radius 2 is 1.68 bits per heavy atom. The maximum absolute atomic E-state index is 10.7. The molecule has 3 rings (SSSR count). The molecule has 0 bridgehead atoms. The number of carboxylic acids is 1. The molecule has 0 unspecified atom stereocenters. The second kappa shape index (κ2) is 7.39. The molecule has 0 aliphatic heterocycles. The molecule has 0 aromatic heterocycles. The van der Waals surface area contributed by atoms with E-state index in [2.05, 4.69) is 42.5 Å². The lowest BCUT2D eigenvalue weighted by Gasteiger charge is -2.11. The molecule has 3 aromatic carbocycles. The fraction of sp³-hybridized carbons (Fsp3) is 0.227. The van der Waals surface area contributed by atoms with E-state index in [9.17, 15) is 4.79 Å². The van der Waals surface area contributed by atoms with Gasteiger partial charge in [0.2, 0.25) is 0 Å². The van der Waals surface area contributed by atoms with E-state index in [1.807, 2.05) is 32.0 Å². The molecule has 0 aliphatic carbocycles. The van der Waals surface area contributed by atoms with Crippen LogP contribution in [0.2, 0.25) is 0 Å². The first kappa shape index (κ1) is 17.0. The van der Waals surface area contributed by atoms with Crippen molar-refractivity contribution in [1.82, 2.24) is 0 Å². The van der Waals surface area contributed by atoms with Crippen LogP contribution < -0.4 is 4.74 Å². The average Bonchev–Trinajstić information content (AvgIpc) is 2.59. The van der Waals surface area contributed by atoms with Gasteiger partial charge in [0, 0.05) is 6.42 Å². The zero-order chi connectivity index (χ0) is 17.8. The van der Waals surface area contributed by atoms with Crippen molar-refractivity contribution in [1.29, 1.82) is 0 Å². The smallest absolute Gasteiger partial charge is 0.303 e. The Balaban J connectivity index is 1.88. The Labute approximate surface area is 147 Å². The van der Waals surface area contributed by atoms with Crippen molar-refractivity contribution in [3.63, 3.8) is 0 Å². The summed E-state index contributed by atoms with van der Waals surface area (Å²) < 4.78 is 5.78. The molecule has 0 fully saturated rings. The minimum atomic E-state index is -0.765. The highest BCUT2D eigenvalue weighted by molar-refractivity contribution is 5.88. The summed E-state index contributed by atoms with van der Waals surface area (Å²) in [6.45, 7) is 4.04. The first-order chi connectivity index (χ1) is 12.0. The van der Waals surface area contributed by atoms with Crippen molar-refractivity contribution in [2.75, 3.05) is 0 Å². The van der Waals surface area contributed by atoms with Crippen molar-refractivity contribution >= 4 is 16.7 Å². The number of aryl methyl sites for hydroxylation is 1. The molecule has 3 heteroatoms. The predicted octanol–water partition coefficient (Wildman–Crippen LogP) is 5.31. The third-order valence-corrected chi connectivity index (χ3v) is 4.07. The normalized spacial score (nSPS) is 11.0. The average molecular weight is 334 g/mol. The molecule has 0 spiro atoms. The van der Waals surface area contributed by atoms with Crippen LogP contribution in [-0.4, -0.2) is 17.2 Å². The van der Waals surface area contributed by atoms with Crippen LogP contribution >= 0.6 is 0 Å². The second-order valence-electron chi connectivity index (χ2n) is 6.48. The van der Waals surface area contributed by atoms with Crippen LogP contribution in [0.5, 0.6) is 5.75 Å². The van der Waals surface area contributed by atoms with Crippen LogP contribution in [-0.2, 0) is 11.2 Å². The van der Waals surface area contributed by atoms with E-state index in [-0.39, 0.29) is 12.5 Å². The van der Waals surface area contributed by atoms with E-state index in [1.165, 1.54) is 0 Å². The Morgan fingerprint density at radius 1 is 0.960 bits per heavy atom. The Hall–Kier alpha value is -2.81. The minimum Gasteiger partial charge on any atom is -0.491 e. The number of ether oxygens (including phenoxy) is 1. The van der Waals surface area contributed by atoms with E-state index < -0.39 is 5.97 Å². The van der Waals surface area contributed by atoms with Crippen molar-refractivity contribution in [2.45, 2.75) is 32.8 Å². The van der Waals surface area contributed by atoms with Gasteiger partial charge < -0.3 is 9.84 Å². The predicted molar refractivity (Wildman–Crippen MR) is 101 cm³/mol. The third kappa shape index (κ3) is 4.38. The third-order valence-electron chi connectivity index (χ3n) is 4.07. The van der Waals surface area contributed by atoms with Gasteiger partial charge in [-0.1, -0.05) is 42.5 Å². The van der Waals surface area contributed by atoms with Gasteiger partial charge in [-0.2, -0.15) is 0 Å². The summed E-state index contributed by atoms with van der Waals surface area (Å²) in [7, 11) is 0. The van der Waals surface area contributed by atoms with Crippen LogP contribution in [0.25, 0.3) is 21.9 Å². The largest absolute Gasteiger partial charge is 0.491 e. The summed E-state index contributed by atoms with van der Waals surface area (Å²) in [6, 6.07) is 20.6. The number of carboxylic acid groups (broad SMARTS) is 1. The standard InChI is InChI=1S/C22H22O3/c1-15(2)25-21-5-3-4-17(14-21)20-10-9-18-12-16(7-11-22(23)24)6-8-19(18)13-20/h3-6,8-10,12-15H,7,11H2,1-2H3,(H,23,24). The van der Waals surface area contributed by atoms with Crippen LogP contribution in [0, 0.1) is 0 Å². The molecule has 0 aliphatic rings. The summed E-state index contributed by atoms with van der Waals surface area (Å²) in [6.07, 6.45) is 0.865. The Bertz CT molecular complexity index is 897. The van der Waals surface area contributed by atoms with E-state index in [1.54, 1.807) is 0 Å². The van der Waals surface area contributed by atoms with Crippen LogP contribution in [0.4, 0.5) is 0 Å². The van der Waals surface area contributed by atoms with Crippen LogP contribution in [0.1, 0.15) is 25.8 Å². The van der Waals surface area contributed by atoms with Crippen LogP contribution in [0.3, 0.4) is 0 Å². The zero-order valence-corrected chi connectivity index (χ0v) is 14.5. The molecule has 128 valence electrons. The fourth-order valence-corrected chi connectivity index (χ4v) is 2.90. The van der Waals surface area contributed by atoms with E-state index in [4.69, 9.17) is 9.84 Å². The lowest BCUT2D eigenvalue weighted by atomic mass is 9.99. The van der Waals surface area contributed by atoms with Crippen molar-refractivity contribution in [3.05, 3.63) is 66.2 Å². The number of benzene rings is 3. The topological polar surface area (TPSA) is 46.5 Å². The van der Waals surface area contributed by atoms with Gasteiger partial charge in [0.1, 0.15) is 5.75 Å². The van der Waals surface area contributed by atoms with Gasteiger partial charge in [-0.05, 0) is 65.9 Å². The van der Waals surface area contributed by atoms with Gasteiger partial charge in [0.25, 0.3) is 0 Å². The highest BCUT2D eigenvalue weighted by Gasteiger charge is 2.05. The summed E-state index contributed by atoms with van der Waals surface area (Å²) >= 11 is 0. The van der Waals surface area contributed by atoms with Crippen molar-refractivity contribution < 1.29 is 14.6 Å². The first-order valence-corrected chi connectivity index (χ1v) is 8.53. The van der Waals surface area contributed by atoms with E-state index in [0.29, 0.717) is 6.42 Å². The number of hydrogen-bond donors (Lipinski definition) is 1. The molecule has 0 atom stereocenters. The van der Waals surface area contributed by atoms with E-state index in [0.717, 1.165) is 33.2 Å². The molecular weight excluding hydrogens is 312 g/mol. The van der Waals surface area contributed by atoms with Gasteiger partial charge >= 0.3 is 5.97 Å². The molecule has 0 saturated heterocycles. The first-order valence-electron chi connectivity index (χ1n) is 8.53. The van der Waals surface area contributed by atoms with Crippen molar-refractivity contribution in [2.24, 2.45) is 0 Å². The molecule has 0 amide bonds. The van der Waals surface area contributed by atoms with E-state index >= 15 is 0 Å². The lowest BCUT2D eigenvalue weighted by Crippen LogP contribution is -2.05. The summed E-state index contributed by atoms with van der Waals surface area (Å²) in [4.78, 5) is 10.7. The molecule has 0 radical (unpaired) electrons. The Kier molecular flexibility index (Phi) is 5.03. The lowest BCUT2D eigenvalue weighted by molar-refractivity contribution is -0.136. The highest BCUT2D eigenvalue weighted by atomic mass is 16.5. The Morgan fingerprint density at radius 3 is 2.44 bits per heavy atom. The minimum absolute atomic E-state index is 0.149. The number of carbonyl (C=O) groups is 1. The van der Waals surface area contributed by atoms with Gasteiger partial charge in [-0.15, -0.1) is 0 Å². The number of aliphatic carboxylic acids is 1. The van der Waals surface area contributed by atoms with Gasteiger partial charge in [-0.25, -0.2) is 0 Å². The number of fused-ring (bicyclic) bond motifs is 1. The number of rotatable bonds is 6.